The lowest BCUT2D eigenvalue weighted by Crippen LogP contribution is -2.37. The van der Waals surface area contributed by atoms with Gasteiger partial charge in [0.15, 0.2) is 6.10 Å². The summed E-state index contributed by atoms with van der Waals surface area (Å²) in [6, 6.07) is 0. The molecule has 0 aromatic carbocycles. The molecule has 0 aliphatic carbocycles. The van der Waals surface area contributed by atoms with Crippen LogP contribution in [0.3, 0.4) is 0 Å². The highest BCUT2D eigenvalue weighted by molar-refractivity contribution is 7.47. The summed E-state index contributed by atoms with van der Waals surface area (Å²) in [5.41, 5.74) is 0. The molecule has 0 heterocycles. The zero-order valence-electron chi connectivity index (χ0n) is 35.7. The first-order valence-electron chi connectivity index (χ1n) is 22.1. The van der Waals surface area contributed by atoms with Crippen molar-refractivity contribution in [3.05, 3.63) is 24.3 Å². The Balaban J connectivity index is 4.36. The van der Waals surface area contributed by atoms with Gasteiger partial charge in [-0.1, -0.05) is 141 Å². The Morgan fingerprint density at radius 2 is 0.944 bits per heavy atom. The number of unbranched alkanes of at least 4 members (excludes halogenated alkanes) is 22. The van der Waals surface area contributed by atoms with Crippen LogP contribution in [0.15, 0.2) is 24.3 Å². The molecule has 0 saturated heterocycles. The van der Waals surface area contributed by atoms with Gasteiger partial charge < -0.3 is 18.9 Å². The van der Waals surface area contributed by atoms with Crippen LogP contribution >= 0.6 is 7.82 Å². The van der Waals surface area contributed by atoms with Gasteiger partial charge >= 0.3 is 19.8 Å². The van der Waals surface area contributed by atoms with E-state index in [2.05, 4.69) is 38.2 Å². The van der Waals surface area contributed by atoms with Gasteiger partial charge in [-0.05, 0) is 64.2 Å². The molecule has 54 heavy (non-hydrogen) atoms. The second-order valence-electron chi connectivity index (χ2n) is 16.1. The molecule has 0 aliphatic heterocycles. The van der Waals surface area contributed by atoms with E-state index in [0.29, 0.717) is 23.9 Å². The molecule has 0 aromatic heterocycles. The first kappa shape index (κ1) is 52.5. The molecule has 0 fully saturated rings. The average Bonchev–Trinajstić information content (AvgIpc) is 3.12. The minimum atomic E-state index is -4.37. The molecule has 0 rings (SSSR count). The number of allylic oxidation sites excluding steroid dienone is 4. The number of hydrogen-bond acceptors (Lipinski definition) is 7. The van der Waals surface area contributed by atoms with Crippen LogP contribution in [0.25, 0.3) is 0 Å². The maximum atomic E-state index is 12.7. The first-order valence-corrected chi connectivity index (χ1v) is 23.6. The summed E-state index contributed by atoms with van der Waals surface area (Å²) in [7, 11) is 1.47. The minimum Gasteiger partial charge on any atom is -0.462 e. The molecule has 1 unspecified atom stereocenters. The van der Waals surface area contributed by atoms with E-state index in [0.717, 1.165) is 44.9 Å². The smallest absolute Gasteiger partial charge is 0.462 e. The number of likely N-dealkylation sites (N-methyl/N-ethyl adjacent to an activating group) is 1. The van der Waals surface area contributed by atoms with Crippen molar-refractivity contribution in [2.45, 2.75) is 200 Å². The maximum Gasteiger partial charge on any atom is 0.472 e. The highest BCUT2D eigenvalue weighted by atomic mass is 31.2. The van der Waals surface area contributed by atoms with Crippen LogP contribution in [0, 0.1) is 0 Å². The van der Waals surface area contributed by atoms with E-state index in [9.17, 15) is 19.0 Å². The normalized spacial score (nSPS) is 13.8. The second kappa shape index (κ2) is 37.1. The third kappa shape index (κ3) is 40.2. The fourth-order valence-electron chi connectivity index (χ4n) is 5.94. The fourth-order valence-corrected chi connectivity index (χ4v) is 6.69. The average molecular weight is 787 g/mol. The van der Waals surface area contributed by atoms with E-state index in [-0.39, 0.29) is 32.0 Å². The lowest BCUT2D eigenvalue weighted by molar-refractivity contribution is -0.870. The van der Waals surface area contributed by atoms with Crippen molar-refractivity contribution in [1.82, 2.24) is 0 Å². The summed E-state index contributed by atoms with van der Waals surface area (Å²) < 4.78 is 34.3. The Hall–Kier alpha value is -1.51. The molecule has 1 N–H and O–H groups in total. The second-order valence-corrected chi connectivity index (χ2v) is 17.5. The van der Waals surface area contributed by atoms with Crippen LogP contribution in [-0.4, -0.2) is 74.9 Å². The summed E-state index contributed by atoms with van der Waals surface area (Å²) in [6.07, 6.45) is 39.3. The summed E-state index contributed by atoms with van der Waals surface area (Å²) in [6.45, 7) is 4.39. The number of esters is 2. The van der Waals surface area contributed by atoms with Crippen LogP contribution in [0.5, 0.6) is 0 Å². The van der Waals surface area contributed by atoms with Crippen LogP contribution in [0.4, 0.5) is 0 Å². The molecule has 10 heteroatoms. The van der Waals surface area contributed by atoms with Crippen LogP contribution in [0.2, 0.25) is 0 Å². The van der Waals surface area contributed by atoms with Gasteiger partial charge in [0.2, 0.25) is 0 Å². The van der Waals surface area contributed by atoms with Gasteiger partial charge in [-0.15, -0.1) is 0 Å². The molecular weight excluding hydrogens is 701 g/mol. The van der Waals surface area contributed by atoms with Gasteiger partial charge in [-0.25, -0.2) is 4.57 Å². The Labute approximate surface area is 332 Å². The van der Waals surface area contributed by atoms with E-state index in [1.807, 2.05) is 21.1 Å². The summed E-state index contributed by atoms with van der Waals surface area (Å²) in [5, 5.41) is 0. The molecule has 0 aliphatic rings. The van der Waals surface area contributed by atoms with Gasteiger partial charge in [-0.2, -0.15) is 0 Å². The fraction of sp³-hybridized carbons (Fsp3) is 0.864. The lowest BCUT2D eigenvalue weighted by Gasteiger charge is -2.24. The van der Waals surface area contributed by atoms with Crippen LogP contribution in [-0.2, 0) is 32.7 Å². The highest BCUT2D eigenvalue weighted by Gasteiger charge is 2.27. The Morgan fingerprint density at radius 1 is 0.556 bits per heavy atom. The van der Waals surface area contributed by atoms with Gasteiger partial charge in [0, 0.05) is 12.8 Å². The van der Waals surface area contributed by atoms with E-state index >= 15 is 0 Å². The zero-order chi connectivity index (χ0) is 40.0. The Bertz CT molecular complexity index is 980. The van der Waals surface area contributed by atoms with E-state index in [1.54, 1.807) is 0 Å². The molecule has 0 bridgehead atoms. The van der Waals surface area contributed by atoms with E-state index < -0.39 is 26.5 Å². The monoisotopic (exact) mass is 787 g/mol. The first-order chi connectivity index (χ1) is 26.0. The molecular formula is C44H85NO8P+. The van der Waals surface area contributed by atoms with Crippen molar-refractivity contribution in [2.75, 3.05) is 47.5 Å². The molecule has 318 valence electrons. The SMILES string of the molecule is CCCCCC/C=C/CCCCCCCCCCCC(=O)O[C@H](COC(=O)CCCCC/C=C/CCCCCCCC)COP(=O)(O)OCC[N+](C)(C)C. The summed E-state index contributed by atoms with van der Waals surface area (Å²) in [5.74, 6) is -0.816. The number of phosphoric ester groups is 1. The van der Waals surface area contributed by atoms with Crippen molar-refractivity contribution in [3.8, 4) is 0 Å². The van der Waals surface area contributed by atoms with Gasteiger partial charge in [-0.3, -0.25) is 18.6 Å². The predicted molar refractivity (Wildman–Crippen MR) is 224 cm³/mol. The predicted octanol–water partition coefficient (Wildman–Crippen LogP) is 12.4. The zero-order valence-corrected chi connectivity index (χ0v) is 36.6. The Kier molecular flexibility index (Phi) is 36.1. The third-order valence-electron chi connectivity index (χ3n) is 9.45. The van der Waals surface area contributed by atoms with Crippen molar-refractivity contribution < 1.29 is 42.1 Å². The Morgan fingerprint density at radius 3 is 1.41 bits per heavy atom. The minimum absolute atomic E-state index is 0.0303. The topological polar surface area (TPSA) is 108 Å². The third-order valence-corrected chi connectivity index (χ3v) is 10.4. The number of ether oxygens (including phenoxy) is 2. The number of rotatable bonds is 40. The van der Waals surface area contributed by atoms with Gasteiger partial charge in [0.05, 0.1) is 27.7 Å². The maximum absolute atomic E-state index is 12.7. The lowest BCUT2D eigenvalue weighted by atomic mass is 10.1. The van der Waals surface area contributed by atoms with Crippen molar-refractivity contribution in [1.29, 1.82) is 0 Å². The number of carbonyl (C=O) groups is 2. The van der Waals surface area contributed by atoms with E-state index in [4.69, 9.17) is 18.5 Å². The summed E-state index contributed by atoms with van der Waals surface area (Å²) >= 11 is 0. The standard InChI is InChI=1S/C44H84NO8P/c1-6-8-10-12-14-16-18-20-21-22-23-25-27-29-31-33-35-37-44(47)53-42(41-52-54(48,49)51-39-38-45(3,4)5)40-50-43(46)36-34-32-30-28-26-24-19-17-15-13-11-9-7-2/h16,18,24,26,42H,6-15,17,19-23,25,27-41H2,1-5H3/p+1/b18-16+,26-24+/t42-/m1/s1. The molecule has 0 spiro atoms. The largest absolute Gasteiger partial charge is 0.472 e. The van der Waals surface area contributed by atoms with Crippen molar-refractivity contribution in [3.63, 3.8) is 0 Å². The molecule has 0 amide bonds. The molecule has 0 saturated carbocycles. The molecule has 9 nitrogen and oxygen atoms in total. The van der Waals surface area contributed by atoms with Crippen LogP contribution < -0.4 is 0 Å². The number of nitrogens with zero attached hydrogens (tertiary/aromatic N) is 1. The molecule has 2 atom stereocenters. The number of quaternary nitrogens is 1. The number of hydrogen-bond donors (Lipinski definition) is 1. The highest BCUT2D eigenvalue weighted by Crippen LogP contribution is 2.43. The van der Waals surface area contributed by atoms with Gasteiger partial charge in [0.1, 0.15) is 19.8 Å². The van der Waals surface area contributed by atoms with Gasteiger partial charge in [0.25, 0.3) is 0 Å². The molecule has 0 aromatic rings. The van der Waals surface area contributed by atoms with Crippen molar-refractivity contribution >= 4 is 19.8 Å². The number of carbonyl (C=O) groups excluding carboxylic acids is 2. The summed E-state index contributed by atoms with van der Waals surface area (Å²) in [4.78, 5) is 35.3. The number of phosphoric acid groups is 1. The van der Waals surface area contributed by atoms with Crippen LogP contribution in [0.1, 0.15) is 194 Å². The van der Waals surface area contributed by atoms with Crippen molar-refractivity contribution in [2.24, 2.45) is 0 Å². The molecule has 0 radical (unpaired) electrons. The van der Waals surface area contributed by atoms with E-state index in [1.165, 1.54) is 109 Å². The quantitative estimate of drug-likeness (QED) is 0.0215.